The number of rotatable bonds is 3. The molecular formula is C14H13ClN2O2. The third kappa shape index (κ3) is 2.98. The zero-order valence-corrected chi connectivity index (χ0v) is 11.1. The number of nitrogens with one attached hydrogen (secondary N) is 1. The zero-order chi connectivity index (χ0) is 13.8. The van der Waals surface area contributed by atoms with E-state index < -0.39 is 5.97 Å². The Bertz CT molecular complexity index is 600. The molecule has 5 heteroatoms. The van der Waals surface area contributed by atoms with Crippen LogP contribution in [0, 0.1) is 0 Å². The van der Waals surface area contributed by atoms with Gasteiger partial charge in [0.2, 0.25) is 0 Å². The quantitative estimate of drug-likeness (QED) is 0.666. The van der Waals surface area contributed by atoms with Crippen LogP contribution in [0.1, 0.15) is 10.4 Å². The maximum atomic E-state index is 11.8. The van der Waals surface area contributed by atoms with Gasteiger partial charge in [-0.2, -0.15) is 0 Å². The number of para-hydroxylation sites is 1. The average Bonchev–Trinajstić information content (AvgIpc) is 2.42. The predicted octanol–water partition coefficient (Wildman–Crippen LogP) is 3.45. The van der Waals surface area contributed by atoms with Crippen molar-refractivity contribution in [3.8, 4) is 0 Å². The number of esters is 1. The number of benzene rings is 2. The van der Waals surface area contributed by atoms with Crippen molar-refractivity contribution in [2.75, 3.05) is 18.2 Å². The number of hydrogen-bond acceptors (Lipinski definition) is 4. The summed E-state index contributed by atoms with van der Waals surface area (Å²) in [5.74, 6) is -0.493. The number of ether oxygens (including phenoxy) is 1. The normalized spacial score (nSPS) is 10.0. The van der Waals surface area contributed by atoms with Crippen LogP contribution < -0.4 is 11.1 Å². The predicted molar refractivity (Wildman–Crippen MR) is 76.9 cm³/mol. The summed E-state index contributed by atoms with van der Waals surface area (Å²) in [7, 11) is 1.31. The molecule has 2 rings (SSSR count). The molecule has 0 bridgehead atoms. The lowest BCUT2D eigenvalue weighted by atomic mass is 10.1. The van der Waals surface area contributed by atoms with Gasteiger partial charge in [-0.1, -0.05) is 29.8 Å². The fraction of sp³-hybridized carbons (Fsp3) is 0.0714. The second-order valence-electron chi connectivity index (χ2n) is 3.91. The van der Waals surface area contributed by atoms with Gasteiger partial charge in [0.15, 0.2) is 0 Å². The first kappa shape index (κ1) is 13.2. The van der Waals surface area contributed by atoms with E-state index in [-0.39, 0.29) is 0 Å². The summed E-state index contributed by atoms with van der Waals surface area (Å²) >= 11 is 6.14. The van der Waals surface area contributed by atoms with E-state index in [4.69, 9.17) is 22.1 Å². The minimum absolute atomic E-state index is 0.302. The van der Waals surface area contributed by atoms with E-state index in [2.05, 4.69) is 5.32 Å². The van der Waals surface area contributed by atoms with Gasteiger partial charge in [-0.15, -0.1) is 0 Å². The van der Waals surface area contributed by atoms with Crippen LogP contribution in [0.25, 0.3) is 0 Å². The molecule has 0 fully saturated rings. The van der Waals surface area contributed by atoms with Crippen LogP contribution in [-0.4, -0.2) is 13.1 Å². The molecule has 0 spiro atoms. The third-order valence-electron chi connectivity index (χ3n) is 2.56. The van der Waals surface area contributed by atoms with Crippen molar-refractivity contribution in [3.63, 3.8) is 0 Å². The van der Waals surface area contributed by atoms with E-state index >= 15 is 0 Å². The third-order valence-corrected chi connectivity index (χ3v) is 2.86. The molecule has 2 aromatic carbocycles. The highest BCUT2D eigenvalue weighted by Gasteiger charge is 2.16. The van der Waals surface area contributed by atoms with Crippen molar-refractivity contribution in [1.82, 2.24) is 0 Å². The van der Waals surface area contributed by atoms with Crippen molar-refractivity contribution < 1.29 is 9.53 Å². The van der Waals surface area contributed by atoms with Crippen molar-refractivity contribution >= 4 is 34.6 Å². The van der Waals surface area contributed by atoms with Crippen molar-refractivity contribution in [3.05, 3.63) is 53.1 Å². The molecule has 4 nitrogen and oxygen atoms in total. The van der Waals surface area contributed by atoms with Gasteiger partial charge in [-0.25, -0.2) is 4.79 Å². The Morgan fingerprint density at radius 2 is 1.95 bits per heavy atom. The largest absolute Gasteiger partial charge is 0.465 e. The van der Waals surface area contributed by atoms with Gasteiger partial charge in [0.05, 0.1) is 23.4 Å². The Kier molecular flexibility index (Phi) is 3.92. The first-order valence-corrected chi connectivity index (χ1v) is 5.99. The number of nitrogens with two attached hydrogens (primary N) is 1. The summed E-state index contributed by atoms with van der Waals surface area (Å²) < 4.78 is 4.73. The molecule has 98 valence electrons. The molecule has 0 saturated heterocycles. The summed E-state index contributed by atoms with van der Waals surface area (Å²) in [6.45, 7) is 0. The number of methoxy groups -OCH3 is 1. The highest BCUT2D eigenvalue weighted by molar-refractivity contribution is 6.34. The lowest BCUT2D eigenvalue weighted by Gasteiger charge is -2.13. The van der Waals surface area contributed by atoms with Crippen LogP contribution in [0.15, 0.2) is 42.5 Å². The summed E-state index contributed by atoms with van der Waals surface area (Å²) in [5.41, 5.74) is 7.70. The molecule has 0 aliphatic heterocycles. The highest BCUT2D eigenvalue weighted by atomic mass is 35.5. The molecule has 0 radical (unpaired) electrons. The van der Waals surface area contributed by atoms with Crippen LogP contribution in [0.3, 0.4) is 0 Å². The van der Waals surface area contributed by atoms with Gasteiger partial charge in [0.25, 0.3) is 0 Å². The average molecular weight is 277 g/mol. The molecule has 0 heterocycles. The zero-order valence-electron chi connectivity index (χ0n) is 10.3. The Balaban J connectivity index is 2.46. The van der Waals surface area contributed by atoms with Gasteiger partial charge in [-0.3, -0.25) is 0 Å². The molecule has 3 N–H and O–H groups in total. The Morgan fingerprint density at radius 1 is 1.26 bits per heavy atom. The van der Waals surface area contributed by atoms with Crippen LogP contribution in [-0.2, 0) is 4.74 Å². The SMILES string of the molecule is COC(=O)c1cc(N)cc(Cl)c1Nc1ccccc1. The van der Waals surface area contributed by atoms with Crippen molar-refractivity contribution in [2.45, 2.75) is 0 Å². The van der Waals surface area contributed by atoms with E-state index in [0.29, 0.717) is 22.0 Å². The number of nitrogen functional groups attached to an aromatic ring is 1. The summed E-state index contributed by atoms with van der Waals surface area (Å²) in [5, 5.41) is 3.46. The summed E-state index contributed by atoms with van der Waals surface area (Å²) in [6, 6.07) is 12.5. The topological polar surface area (TPSA) is 64.3 Å². The molecule has 19 heavy (non-hydrogen) atoms. The van der Waals surface area contributed by atoms with E-state index in [1.54, 1.807) is 6.07 Å². The van der Waals surface area contributed by atoms with Gasteiger partial charge >= 0.3 is 5.97 Å². The first-order valence-electron chi connectivity index (χ1n) is 5.61. The maximum Gasteiger partial charge on any atom is 0.340 e. The minimum Gasteiger partial charge on any atom is -0.465 e. The molecule has 0 aromatic heterocycles. The summed E-state index contributed by atoms with van der Waals surface area (Å²) in [6.07, 6.45) is 0. The second kappa shape index (κ2) is 5.63. The minimum atomic E-state index is -0.493. The van der Waals surface area contributed by atoms with E-state index in [0.717, 1.165) is 5.69 Å². The molecule has 0 saturated carbocycles. The lowest BCUT2D eigenvalue weighted by Crippen LogP contribution is -2.07. The van der Waals surface area contributed by atoms with Crippen LogP contribution in [0.2, 0.25) is 5.02 Å². The van der Waals surface area contributed by atoms with Gasteiger partial charge in [0.1, 0.15) is 0 Å². The van der Waals surface area contributed by atoms with Gasteiger partial charge < -0.3 is 15.8 Å². The van der Waals surface area contributed by atoms with Crippen LogP contribution in [0.5, 0.6) is 0 Å². The first-order chi connectivity index (χ1) is 9.11. The Hall–Kier alpha value is -2.20. The highest BCUT2D eigenvalue weighted by Crippen LogP contribution is 2.32. The van der Waals surface area contributed by atoms with E-state index in [9.17, 15) is 4.79 Å². The standard InChI is InChI=1S/C14H13ClN2O2/c1-19-14(18)11-7-9(16)8-12(15)13(11)17-10-5-3-2-4-6-10/h2-8,17H,16H2,1H3. The van der Waals surface area contributed by atoms with Gasteiger partial charge in [-0.05, 0) is 24.3 Å². The lowest BCUT2D eigenvalue weighted by molar-refractivity contribution is 0.0602. The van der Waals surface area contributed by atoms with E-state index in [1.165, 1.54) is 13.2 Å². The number of anilines is 3. The number of halogens is 1. The molecule has 0 amide bonds. The maximum absolute atomic E-state index is 11.8. The molecule has 0 aliphatic carbocycles. The van der Waals surface area contributed by atoms with E-state index in [1.807, 2.05) is 30.3 Å². The molecular weight excluding hydrogens is 264 g/mol. The Morgan fingerprint density at radius 3 is 2.58 bits per heavy atom. The fourth-order valence-corrected chi connectivity index (χ4v) is 1.97. The van der Waals surface area contributed by atoms with Crippen molar-refractivity contribution in [2.24, 2.45) is 0 Å². The van der Waals surface area contributed by atoms with Crippen LogP contribution in [0.4, 0.5) is 17.1 Å². The second-order valence-corrected chi connectivity index (χ2v) is 4.32. The summed E-state index contributed by atoms with van der Waals surface area (Å²) in [4.78, 5) is 11.8. The smallest absolute Gasteiger partial charge is 0.340 e. The Labute approximate surface area is 116 Å². The number of carbonyl (C=O) groups is 1. The van der Waals surface area contributed by atoms with Crippen molar-refractivity contribution in [1.29, 1.82) is 0 Å². The monoisotopic (exact) mass is 276 g/mol. The number of carbonyl (C=O) groups excluding carboxylic acids is 1. The number of hydrogen-bond donors (Lipinski definition) is 2. The van der Waals surface area contributed by atoms with Crippen LogP contribution >= 0.6 is 11.6 Å². The molecule has 0 unspecified atom stereocenters. The fourth-order valence-electron chi connectivity index (χ4n) is 1.69. The molecule has 0 aliphatic rings. The molecule has 0 atom stereocenters. The molecule has 2 aromatic rings. The van der Waals surface area contributed by atoms with Gasteiger partial charge in [0, 0.05) is 11.4 Å².